The second kappa shape index (κ2) is 3.81. The Balaban J connectivity index is 1.89. The Morgan fingerprint density at radius 2 is 2.11 bits per heavy atom. The molecule has 2 aliphatic rings. The number of rotatable bonds is 3. The molecule has 7 nitrogen and oxygen atoms in total. The lowest BCUT2D eigenvalue weighted by Crippen LogP contribution is -2.58. The van der Waals surface area contributed by atoms with Crippen molar-refractivity contribution >= 4 is 11.6 Å². The summed E-state index contributed by atoms with van der Waals surface area (Å²) in [6.07, 6.45) is 3.42. The van der Waals surface area contributed by atoms with Crippen LogP contribution in [0.4, 0.5) is 5.69 Å². The Bertz CT molecular complexity index is 514. The maximum absolute atomic E-state index is 12.2. The average molecular weight is 250 g/mol. The van der Waals surface area contributed by atoms with E-state index in [0.29, 0.717) is 18.8 Å². The van der Waals surface area contributed by atoms with Gasteiger partial charge in [-0.2, -0.15) is 0 Å². The molecule has 2 N–H and O–H groups in total. The molecule has 2 fully saturated rings. The average Bonchev–Trinajstić information content (AvgIpc) is 3.03. The van der Waals surface area contributed by atoms with Crippen molar-refractivity contribution in [1.29, 1.82) is 0 Å². The van der Waals surface area contributed by atoms with Crippen LogP contribution in [0, 0.1) is 10.1 Å². The molecule has 0 atom stereocenters. The van der Waals surface area contributed by atoms with E-state index in [0.717, 1.165) is 12.8 Å². The number of carbonyl (C=O) groups excluding carboxylic acids is 1. The molecule has 96 valence electrons. The summed E-state index contributed by atoms with van der Waals surface area (Å²) >= 11 is 0. The van der Waals surface area contributed by atoms with Crippen molar-refractivity contribution in [3.05, 3.63) is 28.1 Å². The summed E-state index contributed by atoms with van der Waals surface area (Å²) in [6.45, 7) is 1.06. The first kappa shape index (κ1) is 11.2. The molecule has 0 spiro atoms. The van der Waals surface area contributed by atoms with Gasteiger partial charge >= 0.3 is 0 Å². The van der Waals surface area contributed by atoms with E-state index in [1.54, 1.807) is 9.47 Å². The molecule has 1 aliphatic carbocycles. The first-order valence-corrected chi connectivity index (χ1v) is 5.97. The molecule has 1 saturated heterocycles. The third kappa shape index (κ3) is 1.76. The number of nitrogens with zero attached hydrogens (tertiary/aromatic N) is 3. The monoisotopic (exact) mass is 250 g/mol. The number of amides is 1. The summed E-state index contributed by atoms with van der Waals surface area (Å²) in [5.74, 6) is -0.156. The topological polar surface area (TPSA) is 94.4 Å². The summed E-state index contributed by atoms with van der Waals surface area (Å²) < 4.78 is 1.74. The molecular formula is C11H14N4O3. The van der Waals surface area contributed by atoms with Gasteiger partial charge in [-0.05, 0) is 12.8 Å². The van der Waals surface area contributed by atoms with Crippen LogP contribution in [0.15, 0.2) is 12.3 Å². The van der Waals surface area contributed by atoms with Crippen LogP contribution in [0.2, 0.25) is 0 Å². The van der Waals surface area contributed by atoms with Gasteiger partial charge in [0.2, 0.25) is 0 Å². The fourth-order valence-corrected chi connectivity index (χ4v) is 2.23. The Hall–Kier alpha value is -1.89. The Kier molecular flexibility index (Phi) is 2.37. The quantitative estimate of drug-likeness (QED) is 0.624. The molecule has 1 amide bonds. The third-order valence-corrected chi connectivity index (χ3v) is 3.40. The first-order valence-electron chi connectivity index (χ1n) is 5.97. The molecule has 18 heavy (non-hydrogen) atoms. The highest BCUT2D eigenvalue weighted by Crippen LogP contribution is 2.38. The minimum Gasteiger partial charge on any atom is -0.334 e. The summed E-state index contributed by atoms with van der Waals surface area (Å²) in [5.41, 5.74) is 6.03. The molecule has 1 aromatic rings. The van der Waals surface area contributed by atoms with Crippen molar-refractivity contribution in [2.24, 2.45) is 5.73 Å². The zero-order valence-corrected chi connectivity index (χ0v) is 9.78. The number of likely N-dealkylation sites (tertiary alicyclic amines) is 1. The normalized spacial score (nSPS) is 19.7. The van der Waals surface area contributed by atoms with E-state index in [1.165, 1.54) is 12.3 Å². The minimum absolute atomic E-state index is 0.0185. The fraction of sp³-hybridized carbons (Fsp3) is 0.545. The predicted molar refractivity (Wildman–Crippen MR) is 63.2 cm³/mol. The first-order chi connectivity index (χ1) is 8.56. The van der Waals surface area contributed by atoms with Gasteiger partial charge in [0.05, 0.1) is 11.1 Å². The number of hydrogen-bond donors (Lipinski definition) is 1. The second-order valence-electron chi connectivity index (χ2n) is 4.95. The van der Waals surface area contributed by atoms with Crippen LogP contribution >= 0.6 is 0 Å². The number of carbonyl (C=O) groups is 1. The van der Waals surface area contributed by atoms with E-state index >= 15 is 0 Å². The van der Waals surface area contributed by atoms with Crippen LogP contribution in [-0.2, 0) is 0 Å². The second-order valence-corrected chi connectivity index (χ2v) is 4.95. The zero-order valence-electron chi connectivity index (χ0n) is 9.78. The van der Waals surface area contributed by atoms with Crippen molar-refractivity contribution in [2.45, 2.75) is 24.9 Å². The third-order valence-electron chi connectivity index (χ3n) is 3.40. The SMILES string of the molecule is NC1CN(C(=O)c2cc([N+](=O)[O-])cn2C2CC2)C1. The fourth-order valence-electron chi connectivity index (χ4n) is 2.23. The molecule has 7 heteroatoms. The maximum Gasteiger partial charge on any atom is 0.287 e. The summed E-state index contributed by atoms with van der Waals surface area (Å²) in [4.78, 5) is 24.1. The Labute approximate surface area is 103 Å². The van der Waals surface area contributed by atoms with Crippen molar-refractivity contribution < 1.29 is 9.72 Å². The van der Waals surface area contributed by atoms with Gasteiger partial charge in [-0.3, -0.25) is 14.9 Å². The maximum atomic E-state index is 12.2. The molecular weight excluding hydrogens is 236 g/mol. The van der Waals surface area contributed by atoms with Crippen LogP contribution < -0.4 is 5.73 Å². The lowest BCUT2D eigenvalue weighted by atomic mass is 10.1. The number of aromatic nitrogens is 1. The highest BCUT2D eigenvalue weighted by molar-refractivity contribution is 5.94. The number of nitro groups is 1. The number of hydrogen-bond acceptors (Lipinski definition) is 4. The van der Waals surface area contributed by atoms with Gasteiger partial charge in [0.1, 0.15) is 5.69 Å². The highest BCUT2D eigenvalue weighted by Gasteiger charge is 2.35. The van der Waals surface area contributed by atoms with Crippen LogP contribution in [0.1, 0.15) is 29.4 Å². The zero-order chi connectivity index (χ0) is 12.9. The summed E-state index contributed by atoms with van der Waals surface area (Å²) in [6, 6.07) is 1.64. The van der Waals surface area contributed by atoms with Crippen LogP contribution in [0.3, 0.4) is 0 Å². The van der Waals surface area contributed by atoms with Crippen molar-refractivity contribution in [2.75, 3.05) is 13.1 Å². The van der Waals surface area contributed by atoms with Gasteiger partial charge in [-0.25, -0.2) is 0 Å². The lowest BCUT2D eigenvalue weighted by molar-refractivity contribution is -0.384. The molecule has 1 aliphatic heterocycles. The van der Waals surface area contributed by atoms with E-state index in [9.17, 15) is 14.9 Å². The van der Waals surface area contributed by atoms with Crippen LogP contribution in [0.5, 0.6) is 0 Å². The van der Waals surface area contributed by atoms with Crippen molar-refractivity contribution in [3.8, 4) is 0 Å². The smallest absolute Gasteiger partial charge is 0.287 e. The molecule has 0 bridgehead atoms. The van der Waals surface area contributed by atoms with Crippen molar-refractivity contribution in [1.82, 2.24) is 9.47 Å². The van der Waals surface area contributed by atoms with Gasteiger partial charge in [0.25, 0.3) is 11.6 Å². The highest BCUT2D eigenvalue weighted by atomic mass is 16.6. The minimum atomic E-state index is -0.461. The van der Waals surface area contributed by atoms with Crippen LogP contribution in [0.25, 0.3) is 0 Å². The van der Waals surface area contributed by atoms with E-state index < -0.39 is 4.92 Å². The van der Waals surface area contributed by atoms with E-state index in [4.69, 9.17) is 5.73 Å². The molecule has 2 heterocycles. The van der Waals surface area contributed by atoms with Gasteiger partial charge in [0, 0.05) is 31.2 Å². The molecule has 0 radical (unpaired) electrons. The molecule has 1 aromatic heterocycles. The van der Waals surface area contributed by atoms with Gasteiger partial charge in [-0.1, -0.05) is 0 Å². The van der Waals surface area contributed by atoms with E-state index in [2.05, 4.69) is 0 Å². The van der Waals surface area contributed by atoms with E-state index in [1.807, 2.05) is 0 Å². The molecule has 0 aromatic carbocycles. The van der Waals surface area contributed by atoms with Crippen LogP contribution in [-0.4, -0.2) is 39.4 Å². The van der Waals surface area contributed by atoms with Gasteiger partial charge in [0.15, 0.2) is 0 Å². The lowest BCUT2D eigenvalue weighted by Gasteiger charge is -2.36. The molecule has 0 unspecified atom stereocenters. The number of nitrogens with two attached hydrogens (primary N) is 1. The summed E-state index contributed by atoms with van der Waals surface area (Å²) in [5, 5.41) is 10.8. The predicted octanol–water partition coefficient (Wildman–Crippen LogP) is 0.514. The van der Waals surface area contributed by atoms with Gasteiger partial charge in [-0.15, -0.1) is 0 Å². The largest absolute Gasteiger partial charge is 0.334 e. The molecule has 3 rings (SSSR count). The standard InChI is InChI=1S/C11H14N4O3/c12-7-4-13(5-7)11(16)10-3-9(15(17)18)6-14(10)8-1-2-8/h3,6-8H,1-2,4-5,12H2. The molecule has 1 saturated carbocycles. The Morgan fingerprint density at radius 3 is 2.61 bits per heavy atom. The van der Waals surface area contributed by atoms with Gasteiger partial charge < -0.3 is 15.2 Å². The summed E-state index contributed by atoms with van der Waals surface area (Å²) in [7, 11) is 0. The Morgan fingerprint density at radius 1 is 1.44 bits per heavy atom. The van der Waals surface area contributed by atoms with Crippen molar-refractivity contribution in [3.63, 3.8) is 0 Å². The van der Waals surface area contributed by atoms with E-state index in [-0.39, 0.29) is 23.7 Å².